The molecule has 2 nitrogen and oxygen atoms in total. The Bertz CT molecular complexity index is 76.2. The number of halogens is 6. The van der Waals surface area contributed by atoms with E-state index in [0.717, 1.165) is 0 Å². The molecule has 0 aliphatic rings. The van der Waals surface area contributed by atoms with E-state index in [2.05, 4.69) is 0 Å². The van der Waals surface area contributed by atoms with Gasteiger partial charge in [0.15, 0.2) is 0 Å². The predicted octanol–water partition coefficient (Wildman–Crippen LogP) is -3.85. The molecular weight excluding hydrogens is 376 g/mol. The van der Waals surface area contributed by atoms with Gasteiger partial charge in [-0.05, 0) is 0 Å². The molecule has 0 aromatic heterocycles. The molecular formula is Cl6CrO2Se. The van der Waals surface area contributed by atoms with Gasteiger partial charge in [0.05, 0.1) is 0 Å². The van der Waals surface area contributed by atoms with E-state index in [9.17, 15) is 0 Å². The maximum absolute atomic E-state index is 8.44. The van der Waals surface area contributed by atoms with Crippen LogP contribution in [0.25, 0.3) is 0 Å². The molecule has 0 aliphatic heterocycles. The van der Waals surface area contributed by atoms with Crippen LogP contribution in [0.4, 0.5) is 0 Å². The number of hydrogen-bond donors (Lipinski definition) is 0. The molecule has 0 bridgehead atoms. The van der Waals surface area contributed by atoms with Crippen molar-refractivity contribution in [3.63, 3.8) is 0 Å². The quantitative estimate of drug-likeness (QED) is 0.406. The summed E-state index contributed by atoms with van der Waals surface area (Å²) in [4.78, 5) is 0. The molecule has 0 unspecified atom stereocenters. The van der Waals surface area contributed by atoms with Crippen LogP contribution in [0.15, 0.2) is 0 Å². The fourth-order valence-corrected chi connectivity index (χ4v) is 0. The van der Waals surface area contributed by atoms with Gasteiger partial charge in [-0.15, -0.1) is 0 Å². The Kier molecular flexibility index (Phi) is 31.8. The number of hydrogen-bond acceptors (Lipinski definition) is 2. The topological polar surface area (TPSA) is 34.1 Å². The predicted molar refractivity (Wildman–Crippen MR) is 30.5 cm³/mol. The molecule has 0 atom stereocenters. The molecule has 0 radical (unpaired) electrons. The summed E-state index contributed by atoms with van der Waals surface area (Å²) >= 11 is -1.62. The van der Waals surface area contributed by atoms with Crippen LogP contribution in [0.1, 0.15) is 0 Å². The fraction of sp³-hybridized carbons (Fsp3) is 0. The minimum atomic E-state index is -2.86. The second-order valence-electron chi connectivity index (χ2n) is 0.418. The van der Waals surface area contributed by atoms with Crippen LogP contribution in [-0.2, 0) is 22.7 Å². The molecule has 0 N–H and O–H groups in total. The van der Waals surface area contributed by atoms with Crippen molar-refractivity contribution in [2.45, 2.75) is 0 Å². The van der Waals surface area contributed by atoms with Crippen molar-refractivity contribution in [3.8, 4) is 0 Å². The summed E-state index contributed by atoms with van der Waals surface area (Å²) in [6.07, 6.45) is 0. The zero-order valence-corrected chi connectivity index (χ0v) is 11.4. The van der Waals surface area contributed by atoms with Crippen molar-refractivity contribution in [3.05, 3.63) is 0 Å². The van der Waals surface area contributed by atoms with Crippen molar-refractivity contribution in [1.82, 2.24) is 0 Å². The first-order valence-corrected chi connectivity index (χ1v) is 11.0. The first kappa shape index (κ1) is 22.8. The monoisotopic (exact) mass is 374 g/mol. The third-order valence-electron chi connectivity index (χ3n) is 0. The van der Waals surface area contributed by atoms with Crippen LogP contribution in [0, 0.1) is 0 Å². The summed E-state index contributed by atoms with van der Waals surface area (Å²) in [6.45, 7) is 0. The van der Waals surface area contributed by atoms with Crippen molar-refractivity contribution in [1.29, 1.82) is 0 Å². The molecule has 0 saturated carbocycles. The van der Waals surface area contributed by atoms with Crippen molar-refractivity contribution in [2.75, 3.05) is 0 Å². The Balaban J connectivity index is -0.0000000326. The normalized spacial score (nSPS) is 8.40. The molecule has 66 valence electrons. The Morgan fingerprint density at radius 1 is 0.900 bits per heavy atom. The van der Waals surface area contributed by atoms with Gasteiger partial charge in [-0.3, -0.25) is 0 Å². The van der Waals surface area contributed by atoms with E-state index in [1.807, 2.05) is 0 Å². The molecule has 10 heteroatoms. The van der Waals surface area contributed by atoms with E-state index in [-0.39, 0.29) is 24.8 Å². The SMILES string of the molecule is Cl[Se](Cl)(Cl)Cl.[Cl-].[Cl-].[O]=[Cr+2]=[O]. The second-order valence-corrected chi connectivity index (χ2v) is 16.6. The van der Waals surface area contributed by atoms with Gasteiger partial charge in [0.2, 0.25) is 0 Å². The third-order valence-corrected chi connectivity index (χ3v) is 0. The van der Waals surface area contributed by atoms with Crippen LogP contribution in [0.2, 0.25) is 0 Å². The van der Waals surface area contributed by atoms with Gasteiger partial charge in [-0.1, -0.05) is 0 Å². The Hall–Kier alpha value is 2.39. The van der Waals surface area contributed by atoms with E-state index in [1.165, 1.54) is 0 Å². The van der Waals surface area contributed by atoms with E-state index in [0.29, 0.717) is 0 Å². The van der Waals surface area contributed by atoms with Gasteiger partial charge in [0, 0.05) is 0 Å². The summed E-state index contributed by atoms with van der Waals surface area (Å²) in [7, 11) is 17.1. The maximum atomic E-state index is 8.44. The summed E-state index contributed by atoms with van der Waals surface area (Å²) in [6, 6.07) is 0. The zero-order chi connectivity index (χ0) is 7.21. The Morgan fingerprint density at radius 3 is 0.900 bits per heavy atom. The molecule has 0 rings (SSSR count). The van der Waals surface area contributed by atoms with E-state index in [1.54, 1.807) is 0 Å². The van der Waals surface area contributed by atoms with Gasteiger partial charge in [-0.2, -0.15) is 0 Å². The van der Waals surface area contributed by atoms with Gasteiger partial charge >= 0.3 is 72.3 Å². The van der Waals surface area contributed by atoms with Gasteiger partial charge in [0.25, 0.3) is 0 Å². The fourth-order valence-electron chi connectivity index (χ4n) is 0. The molecule has 0 aliphatic carbocycles. The van der Waals surface area contributed by atoms with Crippen LogP contribution >= 0.6 is 40.4 Å². The average molecular weight is 376 g/mol. The first-order chi connectivity index (χ1) is 3.41. The summed E-state index contributed by atoms with van der Waals surface area (Å²) < 4.78 is 16.9. The van der Waals surface area contributed by atoms with Crippen LogP contribution in [0.3, 0.4) is 0 Å². The Labute approximate surface area is 96.0 Å². The average Bonchev–Trinajstić information content (AvgIpc) is 1.27. The molecule has 10 heavy (non-hydrogen) atoms. The van der Waals surface area contributed by atoms with Crippen molar-refractivity contribution < 1.29 is 47.5 Å². The summed E-state index contributed by atoms with van der Waals surface area (Å²) in [5, 5.41) is 0. The molecule has 0 fully saturated rings. The van der Waals surface area contributed by atoms with Crippen LogP contribution < -0.4 is 24.8 Å². The van der Waals surface area contributed by atoms with E-state index >= 15 is 0 Å². The zero-order valence-electron chi connectivity index (χ0n) is 3.90. The number of rotatable bonds is 0. The molecule has 0 amide bonds. The van der Waals surface area contributed by atoms with Gasteiger partial charge in [0.1, 0.15) is 0 Å². The molecule has 0 saturated heterocycles. The van der Waals surface area contributed by atoms with E-state index in [4.69, 9.17) is 48.0 Å². The summed E-state index contributed by atoms with van der Waals surface area (Å²) in [5.41, 5.74) is 0. The molecule has 0 heterocycles. The van der Waals surface area contributed by atoms with E-state index < -0.39 is 24.3 Å². The molecule has 0 aromatic rings. The van der Waals surface area contributed by atoms with Crippen molar-refractivity contribution in [2.24, 2.45) is 0 Å². The second kappa shape index (κ2) is 13.9. The van der Waals surface area contributed by atoms with Gasteiger partial charge < -0.3 is 24.8 Å². The van der Waals surface area contributed by atoms with Crippen molar-refractivity contribution >= 4 is 49.6 Å². The molecule has 0 aromatic carbocycles. The van der Waals surface area contributed by atoms with Gasteiger partial charge in [-0.25, -0.2) is 0 Å². The van der Waals surface area contributed by atoms with Crippen LogP contribution in [-0.4, -0.2) is 9.20 Å². The minimum absolute atomic E-state index is 0. The third kappa shape index (κ3) is 160. The first-order valence-electron chi connectivity index (χ1n) is 0.951. The Morgan fingerprint density at radius 2 is 0.900 bits per heavy atom. The summed E-state index contributed by atoms with van der Waals surface area (Å²) in [5.74, 6) is 0. The molecule has 0 spiro atoms. The standard InChI is InChI=1S/Cl4Se.2ClH.Cr.2O/c1-5(2,3)4;;;;;/h;2*1H;;;/q;;;+2;;/p-2. The van der Waals surface area contributed by atoms with Crippen LogP contribution in [0.5, 0.6) is 0 Å².